The Morgan fingerprint density at radius 1 is 1.10 bits per heavy atom. The summed E-state index contributed by atoms with van der Waals surface area (Å²) in [4.78, 5) is 0. The molecule has 0 saturated carbocycles. The van der Waals surface area contributed by atoms with E-state index in [-0.39, 0.29) is 0 Å². The molecule has 0 bridgehead atoms. The maximum atomic E-state index is 12.5. The van der Waals surface area contributed by atoms with Crippen molar-refractivity contribution in [1.29, 1.82) is 5.26 Å². The summed E-state index contributed by atoms with van der Waals surface area (Å²) in [5.74, 6) is 0. The highest BCUT2D eigenvalue weighted by Gasteiger charge is 2.29. The second-order valence-electron chi connectivity index (χ2n) is 4.35. The molecule has 0 aliphatic carbocycles. The molecule has 6 heteroatoms. The molecule has 1 N–H and O–H groups in total. The molecule has 0 unspecified atom stereocenters. The molecule has 0 aromatic heterocycles. The summed E-state index contributed by atoms with van der Waals surface area (Å²) in [5.41, 5.74) is 1.13. The highest BCUT2D eigenvalue weighted by atomic mass is 79.9. The molecule has 0 radical (unpaired) electrons. The van der Waals surface area contributed by atoms with Crippen molar-refractivity contribution in [1.82, 2.24) is 0 Å². The van der Waals surface area contributed by atoms with Gasteiger partial charge < -0.3 is 5.32 Å². The molecule has 0 aliphatic heterocycles. The summed E-state index contributed by atoms with van der Waals surface area (Å²) < 4.78 is 38.2. The van der Waals surface area contributed by atoms with Gasteiger partial charge in [0, 0.05) is 11.0 Å². The van der Waals surface area contributed by atoms with Crippen molar-refractivity contribution in [3.05, 3.63) is 63.6 Å². The summed E-state index contributed by atoms with van der Waals surface area (Å²) >= 11 is 3.31. The fourth-order valence-corrected chi connectivity index (χ4v) is 2.13. The third kappa shape index (κ3) is 3.99. The van der Waals surface area contributed by atoms with Crippen LogP contribution in [0.15, 0.2) is 46.9 Å². The number of nitriles is 1. The van der Waals surface area contributed by atoms with Crippen molar-refractivity contribution in [2.24, 2.45) is 0 Å². The van der Waals surface area contributed by atoms with Crippen LogP contribution in [0.5, 0.6) is 0 Å². The van der Waals surface area contributed by atoms with Crippen LogP contribution in [0.3, 0.4) is 0 Å². The number of halogens is 4. The number of nitrogens with zero attached hydrogens (tertiary/aromatic N) is 1. The van der Waals surface area contributed by atoms with Gasteiger partial charge in [-0.1, -0.05) is 28.1 Å². The Balaban J connectivity index is 2.10. The predicted molar refractivity (Wildman–Crippen MR) is 77.6 cm³/mol. The molecule has 0 aliphatic rings. The number of benzene rings is 2. The molecular weight excluding hydrogens is 345 g/mol. The number of anilines is 1. The topological polar surface area (TPSA) is 35.8 Å². The van der Waals surface area contributed by atoms with Gasteiger partial charge in [0.2, 0.25) is 0 Å². The second kappa shape index (κ2) is 6.19. The molecule has 0 fully saturated rings. The van der Waals surface area contributed by atoms with E-state index in [9.17, 15) is 13.2 Å². The Labute approximate surface area is 128 Å². The van der Waals surface area contributed by atoms with Gasteiger partial charge in [0.05, 0.1) is 16.8 Å². The number of nitrogens with one attached hydrogen (secondary N) is 1. The Hall–Kier alpha value is -2.00. The van der Waals surface area contributed by atoms with E-state index >= 15 is 0 Å². The maximum Gasteiger partial charge on any atom is 0.416 e. The van der Waals surface area contributed by atoms with Crippen LogP contribution in [0.2, 0.25) is 0 Å². The maximum absolute atomic E-state index is 12.5. The molecule has 21 heavy (non-hydrogen) atoms. The van der Waals surface area contributed by atoms with Crippen molar-refractivity contribution in [3.63, 3.8) is 0 Å². The smallest absolute Gasteiger partial charge is 0.380 e. The first-order valence-electron chi connectivity index (χ1n) is 6.00. The molecule has 0 saturated heterocycles. The molecule has 2 aromatic carbocycles. The minimum absolute atomic E-state index is 0.337. The van der Waals surface area contributed by atoms with Gasteiger partial charge in [0.25, 0.3) is 0 Å². The first-order chi connectivity index (χ1) is 9.90. The molecule has 2 aromatic rings. The van der Waals surface area contributed by atoms with E-state index in [1.54, 1.807) is 18.2 Å². The predicted octanol–water partition coefficient (Wildman–Crippen LogP) is 4.95. The molecule has 0 atom stereocenters. The minimum atomic E-state index is -4.33. The van der Waals surface area contributed by atoms with E-state index in [0.29, 0.717) is 23.4 Å². The Bertz CT molecular complexity index is 673. The lowest BCUT2D eigenvalue weighted by molar-refractivity contribution is -0.137. The van der Waals surface area contributed by atoms with Crippen LogP contribution in [-0.2, 0) is 12.7 Å². The lowest BCUT2D eigenvalue weighted by Gasteiger charge is -2.10. The SMILES string of the molecule is N#Cc1ccc(Br)cc1NCc1ccc(C(F)(F)F)cc1. The van der Waals surface area contributed by atoms with Crippen LogP contribution < -0.4 is 5.32 Å². The largest absolute Gasteiger partial charge is 0.416 e. The average molecular weight is 355 g/mol. The monoisotopic (exact) mass is 354 g/mol. The van der Waals surface area contributed by atoms with Gasteiger partial charge >= 0.3 is 6.18 Å². The second-order valence-corrected chi connectivity index (χ2v) is 5.27. The van der Waals surface area contributed by atoms with Crippen molar-refractivity contribution in [3.8, 4) is 6.07 Å². The van der Waals surface area contributed by atoms with Crippen molar-refractivity contribution < 1.29 is 13.2 Å². The molecule has 0 spiro atoms. The average Bonchev–Trinajstić information content (AvgIpc) is 2.45. The van der Waals surface area contributed by atoms with Gasteiger partial charge in [-0.05, 0) is 35.9 Å². The number of alkyl halides is 3. The Morgan fingerprint density at radius 3 is 2.33 bits per heavy atom. The van der Waals surface area contributed by atoms with Gasteiger partial charge in [0.1, 0.15) is 6.07 Å². The van der Waals surface area contributed by atoms with Crippen molar-refractivity contribution in [2.45, 2.75) is 12.7 Å². The number of hydrogen-bond donors (Lipinski definition) is 1. The molecule has 0 heterocycles. The van der Waals surface area contributed by atoms with Crippen LogP contribution in [0, 0.1) is 11.3 Å². The lowest BCUT2D eigenvalue weighted by atomic mass is 10.1. The summed E-state index contributed by atoms with van der Waals surface area (Å²) in [6, 6.07) is 12.1. The van der Waals surface area contributed by atoms with E-state index in [0.717, 1.165) is 16.6 Å². The zero-order valence-electron chi connectivity index (χ0n) is 10.7. The van der Waals surface area contributed by atoms with Gasteiger partial charge in [0.15, 0.2) is 0 Å². The first kappa shape index (κ1) is 15.4. The quantitative estimate of drug-likeness (QED) is 0.846. The molecular formula is C15H10BrF3N2. The Morgan fingerprint density at radius 2 is 1.76 bits per heavy atom. The summed E-state index contributed by atoms with van der Waals surface area (Å²) in [6.45, 7) is 0.337. The van der Waals surface area contributed by atoms with E-state index in [2.05, 4.69) is 27.3 Å². The summed E-state index contributed by atoms with van der Waals surface area (Å²) in [5, 5.41) is 12.0. The van der Waals surface area contributed by atoms with E-state index in [1.807, 2.05) is 0 Å². The third-order valence-corrected chi connectivity index (χ3v) is 3.36. The summed E-state index contributed by atoms with van der Waals surface area (Å²) in [7, 11) is 0. The summed E-state index contributed by atoms with van der Waals surface area (Å²) in [6.07, 6.45) is -4.33. The standard InChI is InChI=1S/C15H10BrF3N2/c16-13-6-3-11(8-20)14(7-13)21-9-10-1-4-12(5-2-10)15(17,18)19/h1-7,21H,9H2. The number of rotatable bonds is 3. The Kier molecular flexibility index (Phi) is 4.53. The van der Waals surface area contributed by atoms with E-state index in [4.69, 9.17) is 5.26 Å². The van der Waals surface area contributed by atoms with Crippen LogP contribution >= 0.6 is 15.9 Å². The van der Waals surface area contributed by atoms with E-state index < -0.39 is 11.7 Å². The highest BCUT2D eigenvalue weighted by Crippen LogP contribution is 2.29. The van der Waals surface area contributed by atoms with E-state index in [1.165, 1.54) is 12.1 Å². The van der Waals surface area contributed by atoms with Crippen molar-refractivity contribution >= 4 is 21.6 Å². The fraction of sp³-hybridized carbons (Fsp3) is 0.133. The molecule has 0 amide bonds. The third-order valence-electron chi connectivity index (χ3n) is 2.87. The van der Waals surface area contributed by atoms with Gasteiger partial charge in [-0.15, -0.1) is 0 Å². The highest BCUT2D eigenvalue weighted by molar-refractivity contribution is 9.10. The molecule has 2 nitrogen and oxygen atoms in total. The fourth-order valence-electron chi connectivity index (χ4n) is 1.77. The van der Waals surface area contributed by atoms with Crippen LogP contribution in [0.1, 0.15) is 16.7 Å². The van der Waals surface area contributed by atoms with Crippen LogP contribution in [0.4, 0.5) is 18.9 Å². The number of hydrogen-bond acceptors (Lipinski definition) is 2. The first-order valence-corrected chi connectivity index (χ1v) is 6.79. The lowest BCUT2D eigenvalue weighted by Crippen LogP contribution is -2.06. The normalized spacial score (nSPS) is 11.0. The van der Waals surface area contributed by atoms with Crippen LogP contribution in [-0.4, -0.2) is 0 Å². The molecule has 2 rings (SSSR count). The zero-order valence-corrected chi connectivity index (χ0v) is 12.3. The minimum Gasteiger partial charge on any atom is -0.380 e. The van der Waals surface area contributed by atoms with Crippen molar-refractivity contribution in [2.75, 3.05) is 5.32 Å². The van der Waals surface area contributed by atoms with Gasteiger partial charge in [-0.2, -0.15) is 18.4 Å². The molecule has 108 valence electrons. The van der Waals surface area contributed by atoms with Crippen LogP contribution in [0.25, 0.3) is 0 Å². The van der Waals surface area contributed by atoms with Gasteiger partial charge in [-0.25, -0.2) is 0 Å². The zero-order chi connectivity index (χ0) is 15.5. The van der Waals surface area contributed by atoms with Gasteiger partial charge in [-0.3, -0.25) is 0 Å².